The Balaban J connectivity index is 1.97. The average molecular weight is 338 g/mol. The first-order valence-corrected chi connectivity index (χ1v) is 7.80. The van der Waals surface area contributed by atoms with Gasteiger partial charge in [-0.25, -0.2) is 8.78 Å². The molecule has 0 saturated heterocycles. The number of carbonyl (C=O) groups excluding carboxylic acids is 1. The van der Waals surface area contributed by atoms with Crippen LogP contribution in [-0.4, -0.2) is 10.9 Å². The number of nitrogens with one attached hydrogen (secondary N) is 1. The molecule has 126 valence electrons. The minimum atomic E-state index is -0.775. The van der Waals surface area contributed by atoms with Crippen LogP contribution in [-0.2, 0) is 6.67 Å². The summed E-state index contributed by atoms with van der Waals surface area (Å²) in [7, 11) is 0. The van der Waals surface area contributed by atoms with Crippen molar-refractivity contribution in [1.82, 2.24) is 10.3 Å². The molecule has 0 aliphatic rings. The molecule has 1 atom stereocenters. The summed E-state index contributed by atoms with van der Waals surface area (Å²) in [5.74, 6) is -0.861. The van der Waals surface area contributed by atoms with E-state index >= 15 is 0 Å². The van der Waals surface area contributed by atoms with Crippen LogP contribution in [0.15, 0.2) is 72.9 Å². The second-order valence-electron chi connectivity index (χ2n) is 5.52. The Morgan fingerprint density at radius 1 is 1.00 bits per heavy atom. The maximum absolute atomic E-state index is 14.2. The summed E-state index contributed by atoms with van der Waals surface area (Å²) in [6.45, 7) is -0.584. The van der Waals surface area contributed by atoms with E-state index in [1.807, 2.05) is 6.07 Å². The summed E-state index contributed by atoms with van der Waals surface area (Å²) >= 11 is 0. The zero-order valence-electron chi connectivity index (χ0n) is 13.3. The van der Waals surface area contributed by atoms with Gasteiger partial charge in [-0.05, 0) is 35.4 Å². The van der Waals surface area contributed by atoms with E-state index in [1.165, 1.54) is 18.3 Å². The lowest BCUT2D eigenvalue weighted by Gasteiger charge is -2.19. The predicted molar refractivity (Wildman–Crippen MR) is 91.2 cm³/mol. The highest BCUT2D eigenvalue weighted by atomic mass is 19.1. The van der Waals surface area contributed by atoms with Crippen LogP contribution in [0.3, 0.4) is 0 Å². The maximum Gasteiger partial charge on any atom is 0.252 e. The second-order valence-corrected chi connectivity index (χ2v) is 5.52. The summed E-state index contributed by atoms with van der Waals surface area (Å²) < 4.78 is 27.0. The standard InChI is InChI=1S/C20H16F2N2O/c21-13-14-8-10-15(11-9-14)18(19-17(22)7-4-12-23-19)24-20(25)16-5-2-1-3-6-16/h1-12,18H,13H2,(H,24,25). The molecule has 5 heteroatoms. The Kier molecular flexibility index (Phi) is 5.14. The van der Waals surface area contributed by atoms with Gasteiger partial charge in [-0.1, -0.05) is 42.5 Å². The highest BCUT2D eigenvalue weighted by Crippen LogP contribution is 2.24. The molecular weight excluding hydrogens is 322 g/mol. The third kappa shape index (κ3) is 3.88. The van der Waals surface area contributed by atoms with E-state index in [0.717, 1.165) is 0 Å². The van der Waals surface area contributed by atoms with E-state index in [1.54, 1.807) is 48.5 Å². The molecule has 1 aromatic heterocycles. The van der Waals surface area contributed by atoms with Gasteiger partial charge in [0.2, 0.25) is 0 Å². The monoisotopic (exact) mass is 338 g/mol. The fraction of sp³-hybridized carbons (Fsp3) is 0.100. The third-order valence-corrected chi connectivity index (χ3v) is 3.84. The minimum absolute atomic E-state index is 0.111. The number of nitrogens with zero attached hydrogens (tertiary/aromatic N) is 1. The molecule has 3 rings (SSSR count). The molecule has 3 nitrogen and oxygen atoms in total. The van der Waals surface area contributed by atoms with Crippen molar-refractivity contribution in [2.75, 3.05) is 0 Å². The normalized spacial score (nSPS) is 11.8. The summed E-state index contributed by atoms with van der Waals surface area (Å²) in [6, 6.07) is 17.2. The number of rotatable bonds is 5. The molecule has 0 aliphatic heterocycles. The number of halogens is 2. The zero-order chi connectivity index (χ0) is 17.6. The highest BCUT2D eigenvalue weighted by Gasteiger charge is 2.22. The topological polar surface area (TPSA) is 42.0 Å². The fourth-order valence-corrected chi connectivity index (χ4v) is 2.52. The zero-order valence-corrected chi connectivity index (χ0v) is 13.3. The molecule has 0 aliphatic carbocycles. The number of amides is 1. The summed E-state index contributed by atoms with van der Waals surface area (Å²) in [4.78, 5) is 16.6. The van der Waals surface area contributed by atoms with Crippen LogP contribution in [0.1, 0.15) is 33.2 Å². The van der Waals surface area contributed by atoms with Crippen molar-refractivity contribution in [2.24, 2.45) is 0 Å². The van der Waals surface area contributed by atoms with Gasteiger partial charge in [0, 0.05) is 11.8 Å². The van der Waals surface area contributed by atoms with E-state index in [9.17, 15) is 13.6 Å². The first-order chi connectivity index (χ1) is 12.2. The van der Waals surface area contributed by atoms with E-state index in [-0.39, 0.29) is 11.6 Å². The highest BCUT2D eigenvalue weighted by molar-refractivity contribution is 5.94. The third-order valence-electron chi connectivity index (χ3n) is 3.84. The van der Waals surface area contributed by atoms with E-state index in [4.69, 9.17) is 0 Å². The van der Waals surface area contributed by atoms with Crippen molar-refractivity contribution in [3.8, 4) is 0 Å². The van der Waals surface area contributed by atoms with Gasteiger partial charge < -0.3 is 5.32 Å². The lowest BCUT2D eigenvalue weighted by Crippen LogP contribution is -2.30. The summed E-state index contributed by atoms with van der Waals surface area (Å²) in [6.07, 6.45) is 1.47. The Labute approximate surface area is 144 Å². The van der Waals surface area contributed by atoms with Crippen molar-refractivity contribution >= 4 is 5.91 Å². The van der Waals surface area contributed by atoms with Gasteiger partial charge >= 0.3 is 0 Å². The molecule has 2 aromatic carbocycles. The van der Waals surface area contributed by atoms with Crippen molar-refractivity contribution < 1.29 is 13.6 Å². The maximum atomic E-state index is 14.2. The molecule has 0 saturated carbocycles. The minimum Gasteiger partial charge on any atom is -0.339 e. The molecule has 1 unspecified atom stereocenters. The Morgan fingerprint density at radius 3 is 2.36 bits per heavy atom. The summed E-state index contributed by atoms with van der Waals surface area (Å²) in [5, 5.41) is 2.81. The molecule has 0 fully saturated rings. The largest absolute Gasteiger partial charge is 0.339 e. The molecule has 0 spiro atoms. The van der Waals surface area contributed by atoms with Crippen LogP contribution in [0.4, 0.5) is 8.78 Å². The lowest BCUT2D eigenvalue weighted by atomic mass is 10.0. The lowest BCUT2D eigenvalue weighted by molar-refractivity contribution is 0.0941. The van der Waals surface area contributed by atoms with E-state index in [2.05, 4.69) is 10.3 Å². The molecule has 1 N–H and O–H groups in total. The Bertz CT molecular complexity index is 851. The van der Waals surface area contributed by atoms with Gasteiger partial charge in [0.15, 0.2) is 0 Å². The molecule has 1 heterocycles. The Hall–Kier alpha value is -3.08. The van der Waals surface area contributed by atoms with E-state index in [0.29, 0.717) is 16.7 Å². The SMILES string of the molecule is O=C(NC(c1ccc(CF)cc1)c1ncccc1F)c1ccccc1. The molecule has 3 aromatic rings. The van der Waals surface area contributed by atoms with Gasteiger partial charge in [0.1, 0.15) is 18.2 Å². The van der Waals surface area contributed by atoms with Gasteiger partial charge in [-0.15, -0.1) is 0 Å². The summed E-state index contributed by atoms with van der Waals surface area (Å²) in [5.41, 5.74) is 1.71. The fourth-order valence-electron chi connectivity index (χ4n) is 2.52. The Morgan fingerprint density at radius 2 is 1.72 bits per heavy atom. The van der Waals surface area contributed by atoms with Gasteiger partial charge in [0.05, 0.1) is 6.04 Å². The van der Waals surface area contributed by atoms with Crippen molar-refractivity contribution in [3.05, 3.63) is 101 Å². The molecular formula is C20H16F2N2O. The van der Waals surface area contributed by atoms with Gasteiger partial charge in [-0.2, -0.15) is 0 Å². The predicted octanol–water partition coefficient (Wildman–Crippen LogP) is 4.21. The molecule has 1 amide bonds. The second kappa shape index (κ2) is 7.66. The van der Waals surface area contributed by atoms with Crippen molar-refractivity contribution in [2.45, 2.75) is 12.7 Å². The number of alkyl halides is 1. The smallest absolute Gasteiger partial charge is 0.252 e. The van der Waals surface area contributed by atoms with Crippen molar-refractivity contribution in [1.29, 1.82) is 0 Å². The number of aromatic nitrogens is 1. The molecule has 0 bridgehead atoms. The number of carbonyl (C=O) groups is 1. The number of pyridine rings is 1. The first-order valence-electron chi connectivity index (χ1n) is 7.80. The van der Waals surface area contributed by atoms with Crippen molar-refractivity contribution in [3.63, 3.8) is 0 Å². The van der Waals surface area contributed by atoms with Gasteiger partial charge in [0.25, 0.3) is 5.91 Å². The van der Waals surface area contributed by atoms with Crippen LogP contribution in [0, 0.1) is 5.82 Å². The van der Waals surface area contributed by atoms with Crippen LogP contribution in [0.25, 0.3) is 0 Å². The van der Waals surface area contributed by atoms with Gasteiger partial charge in [-0.3, -0.25) is 9.78 Å². The average Bonchev–Trinajstić information content (AvgIpc) is 2.67. The molecule has 0 radical (unpaired) electrons. The van der Waals surface area contributed by atoms with Crippen LogP contribution >= 0.6 is 0 Å². The molecule has 25 heavy (non-hydrogen) atoms. The first kappa shape index (κ1) is 16.8. The number of benzene rings is 2. The quantitative estimate of drug-likeness (QED) is 0.757. The number of hydrogen-bond acceptors (Lipinski definition) is 2. The van der Waals surface area contributed by atoms with E-state index < -0.39 is 18.5 Å². The number of hydrogen-bond donors (Lipinski definition) is 1. The van der Waals surface area contributed by atoms with Crippen LogP contribution in [0.2, 0.25) is 0 Å². The van der Waals surface area contributed by atoms with Crippen LogP contribution < -0.4 is 5.32 Å². The van der Waals surface area contributed by atoms with Crippen LogP contribution in [0.5, 0.6) is 0 Å².